The number of hydrogen-bond acceptors (Lipinski definition) is 22. The Kier molecular flexibility index (Phi) is 56.9. The van der Waals surface area contributed by atoms with Crippen LogP contribution in [0.1, 0.15) is 161 Å². The fourth-order valence-corrected chi connectivity index (χ4v) is 15.3. The number of benzene rings is 7. The molecular weight excluding hydrogens is 2260 g/mol. The van der Waals surface area contributed by atoms with E-state index in [1.54, 1.807) is 43.3 Å². The summed E-state index contributed by atoms with van der Waals surface area (Å²) in [5, 5.41) is 75.8. The van der Waals surface area contributed by atoms with Crippen LogP contribution in [0, 0.1) is 68.0 Å². The molecule has 0 atom stereocenters. The van der Waals surface area contributed by atoms with Crippen molar-refractivity contribution in [1.82, 2.24) is 0 Å². The molecule has 0 aliphatic carbocycles. The van der Waals surface area contributed by atoms with Gasteiger partial charge in [0.1, 0.15) is 25.3 Å². The van der Waals surface area contributed by atoms with Gasteiger partial charge in [0.05, 0.1) is 146 Å². The normalized spacial score (nSPS) is 13.3. The fraction of sp³-hybridized carbons (Fsp3) is 0.384. The van der Waals surface area contributed by atoms with Gasteiger partial charge >= 0.3 is 11.9 Å². The molecule has 0 saturated carbocycles. The SMILES string of the molecule is Brc1cc(Br)cc(C2OCCO2)c1.CC(C)(C#N)c1cc(Br)cc(C2OCCO2)c1.CC(C)(C#N)c1cc(Br)cc(C=O)c1.CC(C)(C#N)c1cc(Br)cc(C=O)c1.CCOC(=O)CC(=O)O.CI.C[Si](C)(C)CC#N.N#CCc1cc(Br)cc(C2OCCO2)c1.N#CCc1cc(Br)cc(C2OCCO2)c1.O=Cc1cc(Br)cc(Br)c1.OCCO. The summed E-state index contributed by atoms with van der Waals surface area (Å²) in [4.78, 5) is 53.5. The number of carboxylic acids is 1. The number of alkyl halides is 1. The number of nitrogens with zero attached hydrogens (tertiary/aromatic N) is 6. The number of carboxylic acid groups (broad SMARTS) is 1. The van der Waals surface area contributed by atoms with Crippen LogP contribution < -0.4 is 0 Å². The number of ether oxygens (including phenoxy) is 9. The number of halogens is 10. The number of aliphatic hydroxyl groups excluding tert-OH is 2. The molecule has 4 aliphatic heterocycles. The smallest absolute Gasteiger partial charge is 0.317 e. The number of rotatable bonds is 17. The maximum Gasteiger partial charge on any atom is 0.317 e. The molecule has 0 aromatic heterocycles. The molecule has 4 fully saturated rings. The number of aliphatic hydroxyl groups is 2. The summed E-state index contributed by atoms with van der Waals surface area (Å²) < 4.78 is 56.0. The maximum absolute atomic E-state index is 10.6. The average Bonchev–Trinajstić information content (AvgIpc) is 1.39. The first-order valence-corrected chi connectivity index (χ1v) is 49.3. The Morgan fingerprint density at radius 3 is 0.908 bits per heavy atom. The van der Waals surface area contributed by atoms with Crippen LogP contribution in [0.3, 0.4) is 0 Å². The molecule has 0 bridgehead atoms. The zero-order chi connectivity index (χ0) is 90.8. The summed E-state index contributed by atoms with van der Waals surface area (Å²) in [5.41, 5.74) is 8.70. The number of carbonyl (C=O) groups is 5. The van der Waals surface area contributed by atoms with Crippen LogP contribution in [-0.2, 0) is 81.3 Å². The van der Waals surface area contributed by atoms with Gasteiger partial charge < -0.3 is 58.0 Å². The van der Waals surface area contributed by atoms with Gasteiger partial charge in [0, 0.05) is 85.2 Å². The zero-order valence-electron chi connectivity index (χ0n) is 67.8. The van der Waals surface area contributed by atoms with E-state index in [0.29, 0.717) is 82.4 Å². The van der Waals surface area contributed by atoms with Crippen molar-refractivity contribution in [1.29, 1.82) is 31.6 Å². The lowest BCUT2D eigenvalue weighted by molar-refractivity contribution is -0.150. The molecule has 23 nitrogen and oxygen atoms in total. The van der Waals surface area contributed by atoms with Crippen molar-refractivity contribution in [3.05, 3.63) is 234 Å². The van der Waals surface area contributed by atoms with E-state index in [1.807, 2.05) is 137 Å². The van der Waals surface area contributed by atoms with Gasteiger partial charge in [-0.15, -0.1) is 0 Å². The quantitative estimate of drug-likeness (QED) is 0.0190. The Morgan fingerprint density at radius 1 is 0.417 bits per heavy atom. The summed E-state index contributed by atoms with van der Waals surface area (Å²) in [6.07, 6.45) is 1.57. The number of carbonyl (C=O) groups excluding carboxylic acids is 4. The molecule has 0 amide bonds. The van der Waals surface area contributed by atoms with Crippen LogP contribution in [0.4, 0.5) is 0 Å². The third kappa shape index (κ3) is 46.3. The van der Waals surface area contributed by atoms with E-state index in [9.17, 15) is 24.0 Å². The molecule has 0 spiro atoms. The summed E-state index contributed by atoms with van der Waals surface area (Å²) in [5.74, 6) is -1.85. The lowest BCUT2D eigenvalue weighted by Crippen LogP contribution is -2.17. The van der Waals surface area contributed by atoms with Gasteiger partial charge in [-0.3, -0.25) is 24.0 Å². The third-order valence-electron chi connectivity index (χ3n) is 15.4. The molecular formula is C86H94Br9IN6O17Si. The highest BCUT2D eigenvalue weighted by atomic mass is 127. The Morgan fingerprint density at radius 2 is 0.667 bits per heavy atom. The van der Waals surface area contributed by atoms with Crippen LogP contribution in [0.15, 0.2) is 168 Å². The van der Waals surface area contributed by atoms with Crippen molar-refractivity contribution in [2.45, 2.75) is 135 Å². The number of hydrogen-bond donors (Lipinski definition) is 3. The van der Waals surface area contributed by atoms with E-state index in [0.717, 1.165) is 115 Å². The Labute approximate surface area is 793 Å². The highest BCUT2D eigenvalue weighted by Gasteiger charge is 2.27. The topological polar surface area (TPSA) is 372 Å². The number of esters is 1. The van der Waals surface area contributed by atoms with E-state index in [2.05, 4.69) is 227 Å². The van der Waals surface area contributed by atoms with Crippen molar-refractivity contribution in [2.24, 2.45) is 0 Å². The molecule has 7 aromatic rings. The second-order valence-corrected chi connectivity index (χ2v) is 41.5. The molecule has 3 N–H and O–H groups in total. The van der Waals surface area contributed by atoms with Crippen LogP contribution in [0.2, 0.25) is 25.7 Å². The van der Waals surface area contributed by atoms with Crippen molar-refractivity contribution in [2.75, 3.05) is 77.6 Å². The predicted octanol–water partition coefficient (Wildman–Crippen LogP) is 22.7. The molecule has 34 heteroatoms. The second kappa shape index (κ2) is 60.8. The molecule has 4 heterocycles. The lowest BCUT2D eigenvalue weighted by atomic mass is 9.85. The molecule has 4 aliphatic rings. The molecule has 644 valence electrons. The van der Waals surface area contributed by atoms with E-state index in [1.165, 1.54) is 0 Å². The highest BCUT2D eigenvalue weighted by Crippen LogP contribution is 2.35. The average molecular weight is 2360 g/mol. The summed E-state index contributed by atoms with van der Waals surface area (Å²) in [7, 11) is -1.02. The Bertz CT molecular complexity index is 4470. The van der Waals surface area contributed by atoms with Crippen LogP contribution in [0.25, 0.3) is 0 Å². The number of aldehydes is 3. The standard InChI is InChI=1S/C13H14BrNO2.2C11H10BrNO2.2C11H10BrNO.C9H8Br2O2.C7H4Br2O.C5H11NSi.C5H8O4.C2H6O2.CH3I/c1-13(2,8-15)10-5-9(6-11(14)7-10)12-16-3-4-17-12;2*12-10-6-8(1-2-13)5-9(7-10)11-14-3-4-15-11;2*1-11(2,7-13)9-3-8(6-14)4-10(12)5-9;10-7-3-6(4-8(11)5-7)9-12-1-2-13-9;8-6-1-5(4-10)2-7(9)3-6;1-7(2,3)5-4-6;1-2-9-5(8)3-4(6)7;3-1-2-4;1-2/h5-7,12H,3-4H2,1-2H3;2*5-7,11H,1,3-4H2;2*3-6H,1-2H3;3-5,9H,1-2H2;1-4H;5H2,1-3H3;2-3H2,1H3,(H,6,7);3-4H,1-2H2;1H3. The minimum absolute atomic E-state index is 0.125. The van der Waals surface area contributed by atoms with Gasteiger partial charge in [0.15, 0.2) is 25.2 Å². The monoisotopic (exact) mass is 2350 g/mol. The highest BCUT2D eigenvalue weighted by molar-refractivity contribution is 14.1. The van der Waals surface area contributed by atoms with E-state index in [-0.39, 0.29) is 45.0 Å². The van der Waals surface area contributed by atoms with Crippen molar-refractivity contribution >= 4 is 205 Å². The van der Waals surface area contributed by atoms with Gasteiger partial charge in [-0.2, -0.15) is 31.6 Å². The first-order valence-electron chi connectivity index (χ1n) is 36.3. The summed E-state index contributed by atoms with van der Waals surface area (Å²) >= 11 is 32.4. The number of aliphatic carboxylic acids is 1. The van der Waals surface area contributed by atoms with Crippen molar-refractivity contribution in [3.63, 3.8) is 0 Å². The van der Waals surface area contributed by atoms with E-state index < -0.39 is 42.7 Å². The van der Waals surface area contributed by atoms with Crippen molar-refractivity contribution in [3.8, 4) is 36.4 Å². The minimum atomic E-state index is -1.16. The van der Waals surface area contributed by atoms with Gasteiger partial charge in [-0.05, 0) is 209 Å². The first-order chi connectivity index (χ1) is 56.7. The van der Waals surface area contributed by atoms with Gasteiger partial charge in [0.2, 0.25) is 0 Å². The Balaban J connectivity index is 0.000000675. The molecule has 4 saturated heterocycles. The van der Waals surface area contributed by atoms with E-state index in [4.69, 9.17) is 84.8 Å². The molecule has 7 aromatic carbocycles. The molecule has 120 heavy (non-hydrogen) atoms. The van der Waals surface area contributed by atoms with Gasteiger partial charge in [0.25, 0.3) is 0 Å². The van der Waals surface area contributed by atoms with Crippen LogP contribution in [-0.4, -0.2) is 132 Å². The predicted molar refractivity (Wildman–Crippen MR) is 500 cm³/mol. The fourth-order valence-electron chi connectivity index (χ4n) is 9.53. The lowest BCUT2D eigenvalue weighted by Gasteiger charge is -2.19. The first kappa shape index (κ1) is 112. The second-order valence-electron chi connectivity index (χ2n) is 27.8. The summed E-state index contributed by atoms with van der Waals surface area (Å²) in [6, 6.07) is 53.5. The van der Waals surface area contributed by atoms with Gasteiger partial charge in [-0.1, -0.05) is 186 Å². The minimum Gasteiger partial charge on any atom is -0.481 e. The summed E-state index contributed by atoms with van der Waals surface area (Å²) in [6.45, 7) is 24.4. The Hall–Kier alpha value is -5.70. The number of nitriles is 6. The van der Waals surface area contributed by atoms with Crippen LogP contribution in [0.5, 0.6) is 0 Å². The maximum atomic E-state index is 10.6. The third-order valence-corrected chi connectivity index (χ3v) is 20.7. The van der Waals surface area contributed by atoms with Gasteiger partial charge in [-0.25, -0.2) is 0 Å². The molecule has 0 radical (unpaired) electrons. The van der Waals surface area contributed by atoms with Crippen molar-refractivity contribution < 1.29 is 81.9 Å². The van der Waals surface area contributed by atoms with E-state index >= 15 is 0 Å². The van der Waals surface area contributed by atoms with Crippen LogP contribution >= 0.6 is 166 Å². The largest absolute Gasteiger partial charge is 0.481 e. The zero-order valence-corrected chi connectivity index (χ0v) is 85.2. The molecule has 11 rings (SSSR count). The molecule has 0 unspecified atom stereocenters.